The van der Waals surface area contributed by atoms with E-state index in [0.29, 0.717) is 30.1 Å². The Morgan fingerprint density at radius 1 is 1.30 bits per heavy atom. The van der Waals surface area contributed by atoms with E-state index in [-0.39, 0.29) is 43.0 Å². The lowest BCUT2D eigenvalue weighted by molar-refractivity contribution is -0.116. The first kappa shape index (κ1) is 26.2. The van der Waals surface area contributed by atoms with Crippen molar-refractivity contribution in [2.75, 3.05) is 32.1 Å². The lowest BCUT2D eigenvalue weighted by Crippen LogP contribution is -2.49. The highest BCUT2D eigenvalue weighted by Gasteiger charge is 2.33. The molecule has 1 aromatic carbocycles. The largest absolute Gasteiger partial charge is 0.488 e. The van der Waals surface area contributed by atoms with Gasteiger partial charge in [-0.05, 0) is 60.3 Å². The average Bonchev–Trinajstić information content (AvgIpc) is 3.39. The summed E-state index contributed by atoms with van der Waals surface area (Å²) in [7, 11) is 2.03. The Kier molecular flexibility index (Phi) is 8.41. The summed E-state index contributed by atoms with van der Waals surface area (Å²) in [5, 5.41) is 23.4. The van der Waals surface area contributed by atoms with E-state index in [9.17, 15) is 14.7 Å². The highest BCUT2D eigenvalue weighted by molar-refractivity contribution is 5.99. The SMILES string of the molecule is C[C@@H]1CN([C@@H](C)CO)C(=O)c2cc(NC(=O)Cn3cnnn3)ccc2O[C@H]1CN(C)Cc1ccncc1. The van der Waals surface area contributed by atoms with Gasteiger partial charge in [-0.25, -0.2) is 4.68 Å². The molecule has 2 aromatic heterocycles. The van der Waals surface area contributed by atoms with E-state index in [1.54, 1.807) is 35.5 Å². The molecular weight excluding hydrogens is 476 g/mol. The number of ether oxygens (including phenoxy) is 1. The molecule has 12 nitrogen and oxygen atoms in total. The Balaban J connectivity index is 1.57. The number of carbonyl (C=O) groups is 2. The molecule has 3 atom stereocenters. The van der Waals surface area contributed by atoms with Crippen LogP contribution < -0.4 is 10.1 Å². The van der Waals surface area contributed by atoms with Crippen LogP contribution >= 0.6 is 0 Å². The molecule has 1 aliphatic heterocycles. The Morgan fingerprint density at radius 3 is 2.78 bits per heavy atom. The number of aliphatic hydroxyl groups excluding tert-OH is 1. The van der Waals surface area contributed by atoms with Gasteiger partial charge in [-0.1, -0.05) is 6.92 Å². The first-order valence-corrected chi connectivity index (χ1v) is 12.1. The predicted octanol–water partition coefficient (Wildman–Crippen LogP) is 1.06. The number of amides is 2. The van der Waals surface area contributed by atoms with E-state index in [4.69, 9.17) is 4.74 Å². The molecule has 0 saturated carbocycles. The number of likely N-dealkylation sites (N-methyl/N-ethyl adjacent to an activating group) is 1. The van der Waals surface area contributed by atoms with Crippen LogP contribution in [0.3, 0.4) is 0 Å². The minimum Gasteiger partial charge on any atom is -0.488 e. The fourth-order valence-corrected chi connectivity index (χ4v) is 4.29. The molecule has 3 heterocycles. The number of carbonyl (C=O) groups excluding carboxylic acids is 2. The molecule has 4 rings (SSSR count). The lowest BCUT2D eigenvalue weighted by atomic mass is 9.99. The van der Waals surface area contributed by atoms with Gasteiger partial charge in [0.1, 0.15) is 24.7 Å². The summed E-state index contributed by atoms with van der Waals surface area (Å²) in [5.74, 6) is -0.158. The zero-order valence-electron chi connectivity index (χ0n) is 21.2. The van der Waals surface area contributed by atoms with Crippen molar-refractivity contribution >= 4 is 17.5 Å². The molecule has 0 unspecified atom stereocenters. The number of fused-ring (bicyclic) bond motifs is 1. The van der Waals surface area contributed by atoms with E-state index < -0.39 is 0 Å². The molecule has 0 aliphatic carbocycles. The third-order valence-electron chi connectivity index (χ3n) is 6.34. The smallest absolute Gasteiger partial charge is 0.258 e. The van der Waals surface area contributed by atoms with E-state index in [2.05, 4.69) is 30.7 Å². The summed E-state index contributed by atoms with van der Waals surface area (Å²) in [4.78, 5) is 33.9. The summed E-state index contributed by atoms with van der Waals surface area (Å²) in [6.07, 6.45) is 4.67. The second kappa shape index (κ2) is 11.9. The van der Waals surface area contributed by atoms with Crippen LogP contribution in [-0.4, -0.2) is 90.8 Å². The Labute approximate surface area is 215 Å². The van der Waals surface area contributed by atoms with Crippen LogP contribution in [0.4, 0.5) is 5.69 Å². The minimum absolute atomic E-state index is 0.00154. The Morgan fingerprint density at radius 2 is 2.08 bits per heavy atom. The second-order valence-electron chi connectivity index (χ2n) is 9.44. The number of nitrogens with one attached hydrogen (secondary N) is 1. The predicted molar refractivity (Wildman–Crippen MR) is 135 cm³/mol. The number of tetrazole rings is 1. The van der Waals surface area contributed by atoms with Crippen molar-refractivity contribution in [1.29, 1.82) is 0 Å². The first-order valence-electron chi connectivity index (χ1n) is 12.1. The number of anilines is 1. The van der Waals surface area contributed by atoms with Crippen molar-refractivity contribution in [2.45, 2.75) is 39.1 Å². The number of nitrogens with zero attached hydrogens (tertiary/aromatic N) is 7. The standard InChI is InChI=1S/C25H32N8O4/c1-17-11-33(18(2)15-34)25(36)21-10-20(28-24(35)14-32-16-27-29-30-32)4-5-22(21)37-23(17)13-31(3)12-19-6-8-26-9-7-19/h4-10,16-18,23,34H,11-15H2,1-3H3,(H,28,35)/t17-,18+,23+/m1/s1. The summed E-state index contributed by atoms with van der Waals surface area (Å²) < 4.78 is 7.73. The topological polar surface area (TPSA) is 139 Å². The highest BCUT2D eigenvalue weighted by atomic mass is 16.5. The molecule has 2 N–H and O–H groups in total. The fourth-order valence-electron chi connectivity index (χ4n) is 4.29. The van der Waals surface area contributed by atoms with Crippen LogP contribution in [0.25, 0.3) is 0 Å². The average molecular weight is 509 g/mol. The van der Waals surface area contributed by atoms with Crippen LogP contribution in [0, 0.1) is 5.92 Å². The monoisotopic (exact) mass is 508 g/mol. The summed E-state index contributed by atoms with van der Waals surface area (Å²) >= 11 is 0. The first-order chi connectivity index (χ1) is 17.8. The fraction of sp³-hybridized carbons (Fsp3) is 0.440. The molecule has 0 fully saturated rings. The number of benzene rings is 1. The van der Waals surface area contributed by atoms with Crippen molar-refractivity contribution in [1.82, 2.24) is 35.0 Å². The van der Waals surface area contributed by atoms with E-state index in [0.717, 1.165) is 12.1 Å². The quantitative estimate of drug-likeness (QED) is 0.434. The number of aromatic nitrogens is 5. The van der Waals surface area contributed by atoms with Crippen molar-refractivity contribution in [3.05, 3.63) is 60.2 Å². The third kappa shape index (κ3) is 6.66. The van der Waals surface area contributed by atoms with Crippen molar-refractivity contribution < 1.29 is 19.4 Å². The molecule has 37 heavy (non-hydrogen) atoms. The molecule has 12 heteroatoms. The van der Waals surface area contributed by atoms with E-state index >= 15 is 0 Å². The zero-order valence-corrected chi connectivity index (χ0v) is 21.2. The summed E-state index contributed by atoms with van der Waals surface area (Å²) in [6.45, 7) is 5.41. The number of hydrogen-bond donors (Lipinski definition) is 2. The maximum atomic E-state index is 13.6. The van der Waals surface area contributed by atoms with Gasteiger partial charge in [0, 0.05) is 43.6 Å². The summed E-state index contributed by atoms with van der Waals surface area (Å²) in [6, 6.07) is 8.59. The van der Waals surface area contributed by atoms with Gasteiger partial charge in [0.05, 0.1) is 18.2 Å². The molecule has 3 aromatic rings. The zero-order chi connectivity index (χ0) is 26.4. The molecule has 196 valence electrons. The lowest BCUT2D eigenvalue weighted by Gasteiger charge is -2.38. The normalized spacial score (nSPS) is 18.5. The Bertz CT molecular complexity index is 1190. The molecular formula is C25H32N8O4. The maximum absolute atomic E-state index is 13.6. The number of hydrogen-bond acceptors (Lipinski definition) is 9. The van der Waals surface area contributed by atoms with Gasteiger partial charge in [-0.2, -0.15) is 0 Å². The van der Waals surface area contributed by atoms with Gasteiger partial charge in [-0.3, -0.25) is 19.5 Å². The van der Waals surface area contributed by atoms with Crippen LogP contribution in [0.2, 0.25) is 0 Å². The molecule has 0 radical (unpaired) electrons. The number of rotatable bonds is 9. The van der Waals surface area contributed by atoms with Crippen molar-refractivity contribution in [3.63, 3.8) is 0 Å². The van der Waals surface area contributed by atoms with E-state index in [1.807, 2.05) is 33.0 Å². The van der Waals surface area contributed by atoms with Crippen molar-refractivity contribution in [2.24, 2.45) is 5.92 Å². The van der Waals surface area contributed by atoms with Gasteiger partial charge >= 0.3 is 0 Å². The van der Waals surface area contributed by atoms with Crippen molar-refractivity contribution in [3.8, 4) is 5.75 Å². The summed E-state index contributed by atoms with van der Waals surface area (Å²) in [5.41, 5.74) is 1.92. The van der Waals surface area contributed by atoms with Gasteiger partial charge in [0.2, 0.25) is 5.91 Å². The van der Waals surface area contributed by atoms with Crippen LogP contribution in [0.5, 0.6) is 5.75 Å². The van der Waals surface area contributed by atoms with Gasteiger partial charge in [-0.15, -0.1) is 5.10 Å². The molecule has 1 aliphatic rings. The molecule has 0 spiro atoms. The van der Waals surface area contributed by atoms with E-state index in [1.165, 1.54) is 11.0 Å². The molecule has 2 amide bonds. The highest BCUT2D eigenvalue weighted by Crippen LogP contribution is 2.30. The second-order valence-corrected chi connectivity index (χ2v) is 9.44. The van der Waals surface area contributed by atoms with Gasteiger partial charge in [0.15, 0.2) is 0 Å². The Hall–Kier alpha value is -3.90. The molecule has 0 bridgehead atoms. The van der Waals surface area contributed by atoms with Crippen LogP contribution in [0.1, 0.15) is 29.8 Å². The number of aliphatic hydroxyl groups is 1. The van der Waals surface area contributed by atoms with Crippen LogP contribution in [0.15, 0.2) is 49.1 Å². The minimum atomic E-state index is -0.380. The van der Waals surface area contributed by atoms with Gasteiger partial charge in [0.25, 0.3) is 5.91 Å². The van der Waals surface area contributed by atoms with Gasteiger partial charge < -0.3 is 20.1 Å². The molecule has 0 saturated heterocycles. The number of pyridine rings is 1. The third-order valence-corrected chi connectivity index (χ3v) is 6.34. The maximum Gasteiger partial charge on any atom is 0.258 e. The van der Waals surface area contributed by atoms with Crippen LogP contribution in [-0.2, 0) is 17.9 Å².